The summed E-state index contributed by atoms with van der Waals surface area (Å²) in [5.74, 6) is -3.81. The molecule has 0 saturated heterocycles. The average Bonchev–Trinajstić information content (AvgIpc) is 2.80. The minimum atomic E-state index is -1.37. The zero-order chi connectivity index (χ0) is 24.8. The number of amides is 2. The molecule has 2 heterocycles. The number of rotatable bonds is 10. The third-order valence-corrected chi connectivity index (χ3v) is 4.84. The molecule has 15 heteroatoms. The number of carboxylic acids is 2. The molecule has 178 valence electrons. The Morgan fingerprint density at radius 3 is 2.53 bits per heavy atom. The number of anilines is 1. The minimum Gasteiger partial charge on any atom is -0.481 e. The van der Waals surface area contributed by atoms with Crippen LogP contribution in [0.25, 0.3) is 0 Å². The number of carboxylic acid groups (broad SMARTS) is 2. The molecule has 3 atom stereocenters. The Hall–Kier alpha value is -4.69. The van der Waals surface area contributed by atoms with Crippen molar-refractivity contribution in [1.82, 2.24) is 10.6 Å². The number of nitrogens with zero attached hydrogens (tertiary/aromatic N) is 5. The smallest absolute Gasteiger partial charge is 0.326 e. The summed E-state index contributed by atoms with van der Waals surface area (Å²) in [6.07, 6.45) is -0.122. The fraction of sp³-hybridized carbons (Fsp3) is 0.316. The maximum Gasteiger partial charge on any atom is 0.326 e. The Bertz CT molecular complexity index is 1100. The molecule has 0 aromatic heterocycles. The van der Waals surface area contributed by atoms with Gasteiger partial charge in [0.25, 0.3) is 11.8 Å². The van der Waals surface area contributed by atoms with E-state index in [0.717, 1.165) is 5.01 Å². The van der Waals surface area contributed by atoms with E-state index in [1.165, 1.54) is 30.5 Å². The third-order valence-electron chi connectivity index (χ3n) is 4.84. The molecule has 6 N–H and O–H groups in total. The maximum absolute atomic E-state index is 12.3. The molecule has 1 aromatic rings. The summed E-state index contributed by atoms with van der Waals surface area (Å²) in [4.78, 5) is 70.1. The van der Waals surface area contributed by atoms with Crippen LogP contribution in [-0.2, 0) is 14.4 Å². The van der Waals surface area contributed by atoms with Crippen molar-refractivity contribution in [1.29, 1.82) is 0 Å². The number of fused-ring (bicyclic) bond motifs is 1. The van der Waals surface area contributed by atoms with Gasteiger partial charge in [-0.05, 0) is 30.7 Å². The lowest BCUT2D eigenvalue weighted by Crippen LogP contribution is -2.52. The van der Waals surface area contributed by atoms with Crippen LogP contribution in [-0.4, -0.2) is 76.6 Å². The molecule has 3 unspecified atom stereocenters. The molecule has 15 nitrogen and oxygen atoms in total. The molecule has 2 amide bonds. The van der Waals surface area contributed by atoms with E-state index >= 15 is 0 Å². The van der Waals surface area contributed by atoms with Gasteiger partial charge in [0, 0.05) is 18.2 Å². The Labute approximate surface area is 191 Å². The average molecular weight is 472 g/mol. The third kappa shape index (κ3) is 5.76. The number of guanidine groups is 1. The van der Waals surface area contributed by atoms with E-state index in [4.69, 9.17) is 15.9 Å². The van der Waals surface area contributed by atoms with E-state index in [1.807, 2.05) is 0 Å². The predicted molar refractivity (Wildman–Crippen MR) is 119 cm³/mol. The van der Waals surface area contributed by atoms with Gasteiger partial charge in [-0.15, -0.1) is 4.91 Å². The topological polar surface area (TPSA) is 229 Å². The number of nitroso groups, excluding NO2 is 1. The molecule has 0 fully saturated rings. The molecular formula is C19H20N8O7. The summed E-state index contributed by atoms with van der Waals surface area (Å²) in [5, 5.41) is 26.4. The quantitative estimate of drug-likeness (QED) is 0.205. The molecule has 1 aromatic carbocycles. The van der Waals surface area contributed by atoms with Gasteiger partial charge >= 0.3 is 11.9 Å². The van der Waals surface area contributed by atoms with Gasteiger partial charge in [0.2, 0.25) is 0 Å². The highest BCUT2D eigenvalue weighted by Gasteiger charge is 2.34. The molecule has 3 rings (SSSR count). The lowest BCUT2D eigenvalue weighted by Gasteiger charge is -2.26. The lowest BCUT2D eigenvalue weighted by atomic mass is 10.1. The van der Waals surface area contributed by atoms with Gasteiger partial charge in [0.1, 0.15) is 6.04 Å². The first-order chi connectivity index (χ1) is 16.2. The summed E-state index contributed by atoms with van der Waals surface area (Å²) in [5.41, 5.74) is 6.17. The molecule has 34 heavy (non-hydrogen) atoms. The van der Waals surface area contributed by atoms with Gasteiger partial charge < -0.3 is 21.3 Å². The predicted octanol–water partition coefficient (Wildman–Crippen LogP) is -1.11. The zero-order valence-corrected chi connectivity index (χ0v) is 17.5. The second-order valence-electron chi connectivity index (χ2n) is 7.24. The number of carbonyl (C=O) groups is 4. The van der Waals surface area contributed by atoms with Crippen molar-refractivity contribution in [3.8, 4) is 0 Å². The molecule has 0 spiro atoms. The molecule has 0 saturated carbocycles. The normalized spacial score (nSPS) is 19.6. The largest absolute Gasteiger partial charge is 0.481 e. The van der Waals surface area contributed by atoms with Crippen LogP contribution in [0, 0.1) is 4.91 Å². The van der Waals surface area contributed by atoms with Crippen LogP contribution in [0.2, 0.25) is 0 Å². The Morgan fingerprint density at radius 1 is 1.21 bits per heavy atom. The van der Waals surface area contributed by atoms with Crippen LogP contribution >= 0.6 is 0 Å². The second-order valence-corrected chi connectivity index (χ2v) is 7.24. The highest BCUT2D eigenvalue weighted by molar-refractivity contribution is 6.33. The SMILES string of the molecule is NC1=NC2N=CC(CN(N=O)c3ccc(C(=O)NC(CCC(=O)O)C(=O)O)cc3)=NC2C(=O)N1. The molecule has 0 bridgehead atoms. The van der Waals surface area contributed by atoms with Crippen LogP contribution < -0.4 is 21.4 Å². The number of benzene rings is 1. The molecule has 2 aliphatic heterocycles. The van der Waals surface area contributed by atoms with E-state index < -0.39 is 48.4 Å². The van der Waals surface area contributed by atoms with Gasteiger partial charge in [-0.2, -0.15) is 0 Å². The van der Waals surface area contributed by atoms with Gasteiger partial charge in [-0.1, -0.05) is 0 Å². The summed E-state index contributed by atoms with van der Waals surface area (Å²) in [6, 6.07) is 3.21. The standard InChI is InChI=1S/C19H20N8O7/c20-19-24-15-14(17(31)25-19)22-10(7-21-15)8-27(26-34)11-3-1-9(2-4-11)16(30)23-12(18(32)33)5-6-13(28)29/h1-4,7,12,14-15H,5-6,8H2,(H,23,30)(H,28,29)(H,32,33)(H3,20,24,25,31). The Morgan fingerprint density at radius 2 is 1.91 bits per heavy atom. The first-order valence-corrected chi connectivity index (χ1v) is 9.88. The van der Waals surface area contributed by atoms with Crippen LogP contribution in [0.3, 0.4) is 0 Å². The van der Waals surface area contributed by atoms with E-state index in [0.29, 0.717) is 5.69 Å². The van der Waals surface area contributed by atoms with E-state index in [1.54, 1.807) is 0 Å². The number of nitrogens with two attached hydrogens (primary N) is 1. The van der Waals surface area contributed by atoms with Gasteiger partial charge in [-0.25, -0.2) is 14.8 Å². The highest BCUT2D eigenvalue weighted by atomic mass is 16.4. The number of aliphatic imine (C=N–C) groups is 3. The molecule has 0 radical (unpaired) electrons. The monoisotopic (exact) mass is 472 g/mol. The maximum atomic E-state index is 12.3. The van der Waals surface area contributed by atoms with Crippen LogP contribution in [0.4, 0.5) is 5.69 Å². The zero-order valence-electron chi connectivity index (χ0n) is 17.5. The second kappa shape index (κ2) is 10.3. The fourth-order valence-corrected chi connectivity index (χ4v) is 3.15. The minimum absolute atomic E-state index is 0.0566. The molecule has 0 aliphatic carbocycles. The van der Waals surface area contributed by atoms with Crippen molar-refractivity contribution in [2.45, 2.75) is 31.1 Å². The number of hydrogen-bond acceptors (Lipinski definition) is 10. The first kappa shape index (κ1) is 24.0. The fourth-order valence-electron chi connectivity index (χ4n) is 3.15. The summed E-state index contributed by atoms with van der Waals surface area (Å²) < 4.78 is 0. The van der Waals surface area contributed by atoms with Crippen molar-refractivity contribution < 1.29 is 29.4 Å². The number of aliphatic carboxylic acids is 2. The number of carbonyl (C=O) groups excluding carboxylic acids is 2. The summed E-state index contributed by atoms with van der Waals surface area (Å²) >= 11 is 0. The number of hydrogen-bond donors (Lipinski definition) is 5. The van der Waals surface area contributed by atoms with Crippen molar-refractivity contribution in [3.63, 3.8) is 0 Å². The van der Waals surface area contributed by atoms with Crippen molar-refractivity contribution in [2.75, 3.05) is 11.6 Å². The summed E-state index contributed by atoms with van der Waals surface area (Å²) in [7, 11) is 0. The highest BCUT2D eigenvalue weighted by Crippen LogP contribution is 2.18. The van der Waals surface area contributed by atoms with Crippen LogP contribution in [0.15, 0.2) is 44.5 Å². The van der Waals surface area contributed by atoms with Crippen molar-refractivity contribution in [2.24, 2.45) is 26.0 Å². The van der Waals surface area contributed by atoms with Crippen molar-refractivity contribution in [3.05, 3.63) is 34.7 Å². The first-order valence-electron chi connectivity index (χ1n) is 9.88. The van der Waals surface area contributed by atoms with Gasteiger partial charge in [0.15, 0.2) is 18.2 Å². The van der Waals surface area contributed by atoms with E-state index in [-0.39, 0.29) is 30.2 Å². The summed E-state index contributed by atoms with van der Waals surface area (Å²) in [6.45, 7) is -0.121. The van der Waals surface area contributed by atoms with Gasteiger partial charge in [-0.3, -0.25) is 29.7 Å². The van der Waals surface area contributed by atoms with Crippen molar-refractivity contribution >= 4 is 47.3 Å². The number of nitrogens with one attached hydrogen (secondary N) is 2. The Kier molecular flexibility index (Phi) is 7.25. The van der Waals surface area contributed by atoms with E-state index in [9.17, 15) is 24.1 Å². The molecule has 2 aliphatic rings. The van der Waals surface area contributed by atoms with E-state index in [2.05, 4.69) is 30.9 Å². The lowest BCUT2D eigenvalue weighted by molar-refractivity contribution is -0.140. The van der Waals surface area contributed by atoms with Crippen LogP contribution in [0.5, 0.6) is 0 Å². The van der Waals surface area contributed by atoms with Gasteiger partial charge in [0.05, 0.1) is 23.2 Å². The van der Waals surface area contributed by atoms with Crippen LogP contribution in [0.1, 0.15) is 23.2 Å². The molecular weight excluding hydrogens is 452 g/mol. The Balaban J connectivity index is 1.66.